The number of aromatic nitrogens is 3. The molecule has 4 aliphatic rings. The van der Waals surface area contributed by atoms with Crippen LogP contribution in [0, 0.1) is 13.8 Å². The number of fused-ring (bicyclic) bond motifs is 22. The summed E-state index contributed by atoms with van der Waals surface area (Å²) in [5.41, 5.74) is 12.2. The van der Waals surface area contributed by atoms with Crippen LogP contribution in [0.5, 0.6) is 0 Å². The predicted octanol–water partition coefficient (Wildman–Crippen LogP) is 10.3. The number of rotatable bonds is 2. The SMILES string of the molecule is Cc1cc2c(-c3cccc(-c4nc5c(C)cc4CCCCCCCCCC5)n3)nc1CCCCCCCCCC2. The number of hydrogen-bond donors (Lipinski definition) is 0. The summed E-state index contributed by atoms with van der Waals surface area (Å²) in [6.45, 7) is 4.52. The van der Waals surface area contributed by atoms with Crippen LogP contribution in [0.3, 0.4) is 0 Å². The molecule has 0 aromatic carbocycles. The van der Waals surface area contributed by atoms with E-state index in [0.717, 1.165) is 48.5 Å². The van der Waals surface area contributed by atoms with Crippen molar-refractivity contribution in [2.75, 3.05) is 0 Å². The first-order chi connectivity index (χ1) is 19.7. The van der Waals surface area contributed by atoms with E-state index in [1.807, 2.05) is 0 Å². The molecule has 2 aliphatic heterocycles. The normalized spacial score (nSPS) is 18.2. The third kappa shape index (κ3) is 7.80. The third-order valence-electron chi connectivity index (χ3n) is 9.25. The summed E-state index contributed by atoms with van der Waals surface area (Å²) in [5, 5.41) is 0. The highest BCUT2D eigenvalue weighted by Gasteiger charge is 2.17. The maximum Gasteiger partial charge on any atom is 0.0921 e. The van der Waals surface area contributed by atoms with Crippen LogP contribution in [-0.2, 0) is 25.7 Å². The van der Waals surface area contributed by atoms with Gasteiger partial charge in [-0.3, -0.25) is 9.97 Å². The van der Waals surface area contributed by atoms with E-state index in [4.69, 9.17) is 15.0 Å². The molecule has 4 bridgehead atoms. The summed E-state index contributed by atoms with van der Waals surface area (Å²) in [6.07, 6.45) is 25.5. The zero-order valence-electron chi connectivity index (χ0n) is 25.4. The molecule has 2 aliphatic carbocycles. The first-order valence-corrected chi connectivity index (χ1v) is 16.7. The van der Waals surface area contributed by atoms with Gasteiger partial charge in [0.2, 0.25) is 0 Å². The fraction of sp³-hybridized carbons (Fsp3) is 0.595. The van der Waals surface area contributed by atoms with Crippen LogP contribution in [0.2, 0.25) is 0 Å². The summed E-state index contributed by atoms with van der Waals surface area (Å²) >= 11 is 0. The number of pyridine rings is 3. The van der Waals surface area contributed by atoms with Crippen LogP contribution in [0.15, 0.2) is 30.3 Å². The molecule has 0 saturated heterocycles. The number of hydrogen-bond acceptors (Lipinski definition) is 3. The van der Waals surface area contributed by atoms with E-state index < -0.39 is 0 Å². The second-order valence-corrected chi connectivity index (χ2v) is 12.6. The van der Waals surface area contributed by atoms with E-state index in [0.29, 0.717) is 0 Å². The van der Waals surface area contributed by atoms with Gasteiger partial charge in [-0.2, -0.15) is 0 Å². The summed E-state index contributed by atoms with van der Waals surface area (Å²) in [7, 11) is 0. The molecule has 3 heteroatoms. The van der Waals surface area contributed by atoms with Gasteiger partial charge < -0.3 is 0 Å². The number of aryl methyl sites for hydroxylation is 6. The Balaban J connectivity index is 1.52. The molecule has 0 radical (unpaired) electrons. The lowest BCUT2D eigenvalue weighted by atomic mass is 9.96. The number of nitrogens with zero attached hydrogens (tertiary/aromatic N) is 3. The lowest BCUT2D eigenvalue weighted by Crippen LogP contribution is -2.06. The Hall–Kier alpha value is -2.55. The summed E-state index contributed by atoms with van der Waals surface area (Å²) < 4.78 is 0. The molecule has 0 N–H and O–H groups in total. The van der Waals surface area contributed by atoms with Crippen molar-refractivity contribution in [3.63, 3.8) is 0 Å². The van der Waals surface area contributed by atoms with Crippen LogP contribution in [-0.4, -0.2) is 15.0 Å². The molecule has 7 rings (SSSR count). The minimum atomic E-state index is 1.02. The standard InChI is InChI=1S/C37H51N3/c1-28-26-30-20-15-11-7-3-5-9-13-17-22-32(28)39-36(30)34-24-19-25-35(38-34)37-31-21-16-12-8-4-6-10-14-18-23-33(40-37)29(2)27-31/h19,24-27H,3-18,20-23H2,1-2H3. The average molecular weight is 538 g/mol. The van der Waals surface area contributed by atoms with Gasteiger partial charge in [0.25, 0.3) is 0 Å². The molecular weight excluding hydrogens is 486 g/mol. The summed E-state index contributed by atoms with van der Waals surface area (Å²) in [6, 6.07) is 11.4. The van der Waals surface area contributed by atoms with E-state index in [-0.39, 0.29) is 0 Å². The van der Waals surface area contributed by atoms with Crippen LogP contribution < -0.4 is 0 Å². The topological polar surface area (TPSA) is 38.7 Å². The highest BCUT2D eigenvalue weighted by molar-refractivity contribution is 5.67. The molecule has 0 atom stereocenters. The molecule has 5 heterocycles. The van der Waals surface area contributed by atoms with Crippen molar-refractivity contribution in [3.05, 3.63) is 64.0 Å². The highest BCUT2D eigenvalue weighted by atomic mass is 14.8. The molecule has 214 valence electrons. The maximum atomic E-state index is 5.33. The second kappa shape index (κ2) is 14.9. The predicted molar refractivity (Wildman–Crippen MR) is 169 cm³/mol. The molecule has 0 spiro atoms. The van der Waals surface area contributed by atoms with Crippen LogP contribution >= 0.6 is 0 Å². The Morgan fingerprint density at radius 2 is 0.775 bits per heavy atom. The van der Waals surface area contributed by atoms with E-state index in [1.54, 1.807) is 0 Å². The van der Waals surface area contributed by atoms with Gasteiger partial charge >= 0.3 is 0 Å². The van der Waals surface area contributed by atoms with Gasteiger partial charge in [-0.15, -0.1) is 0 Å². The minimum absolute atomic E-state index is 1.02. The van der Waals surface area contributed by atoms with Gasteiger partial charge in [-0.1, -0.05) is 95.2 Å². The summed E-state index contributed by atoms with van der Waals surface area (Å²) in [4.78, 5) is 16.0. The van der Waals surface area contributed by atoms with E-state index in [9.17, 15) is 0 Å². The smallest absolute Gasteiger partial charge is 0.0921 e. The van der Waals surface area contributed by atoms with Crippen molar-refractivity contribution in [1.82, 2.24) is 15.0 Å². The lowest BCUT2D eigenvalue weighted by molar-refractivity contribution is 0.563. The highest BCUT2D eigenvalue weighted by Crippen LogP contribution is 2.30. The molecule has 40 heavy (non-hydrogen) atoms. The van der Waals surface area contributed by atoms with Gasteiger partial charge in [-0.05, 0) is 99.6 Å². The fourth-order valence-electron chi connectivity index (χ4n) is 6.78. The molecule has 0 fully saturated rings. The van der Waals surface area contributed by atoms with Gasteiger partial charge in [-0.25, -0.2) is 4.98 Å². The molecule has 0 amide bonds. The Labute approximate surface area is 243 Å². The largest absolute Gasteiger partial charge is 0.251 e. The van der Waals surface area contributed by atoms with Crippen LogP contribution in [0.4, 0.5) is 0 Å². The van der Waals surface area contributed by atoms with Crippen molar-refractivity contribution in [2.24, 2.45) is 0 Å². The maximum absolute atomic E-state index is 5.33. The van der Waals surface area contributed by atoms with Gasteiger partial charge in [0.1, 0.15) is 0 Å². The molecule has 0 saturated carbocycles. The van der Waals surface area contributed by atoms with Gasteiger partial charge in [0, 0.05) is 11.4 Å². The van der Waals surface area contributed by atoms with Crippen molar-refractivity contribution in [3.8, 4) is 22.8 Å². The Morgan fingerprint density at radius 3 is 1.18 bits per heavy atom. The Bertz CT molecular complexity index is 1150. The molecule has 0 unspecified atom stereocenters. The van der Waals surface area contributed by atoms with E-state index in [1.165, 1.54) is 136 Å². The van der Waals surface area contributed by atoms with Crippen LogP contribution in [0.25, 0.3) is 22.8 Å². The monoisotopic (exact) mass is 537 g/mol. The van der Waals surface area contributed by atoms with Gasteiger partial charge in [0.05, 0.1) is 22.8 Å². The summed E-state index contributed by atoms with van der Waals surface area (Å²) in [5.74, 6) is 0. The molecule has 3 aromatic rings. The molecular formula is C37H51N3. The zero-order valence-corrected chi connectivity index (χ0v) is 25.4. The fourth-order valence-corrected chi connectivity index (χ4v) is 6.78. The first-order valence-electron chi connectivity index (χ1n) is 16.7. The van der Waals surface area contributed by atoms with E-state index in [2.05, 4.69) is 44.2 Å². The minimum Gasteiger partial charge on any atom is -0.251 e. The Kier molecular flexibility index (Phi) is 10.8. The molecule has 3 nitrogen and oxygen atoms in total. The van der Waals surface area contributed by atoms with Crippen molar-refractivity contribution in [1.29, 1.82) is 0 Å². The van der Waals surface area contributed by atoms with Crippen molar-refractivity contribution >= 4 is 0 Å². The second-order valence-electron chi connectivity index (χ2n) is 12.6. The average Bonchev–Trinajstić information content (AvgIpc) is 2.96. The quantitative estimate of drug-likeness (QED) is 0.326. The van der Waals surface area contributed by atoms with Crippen molar-refractivity contribution < 1.29 is 0 Å². The van der Waals surface area contributed by atoms with E-state index >= 15 is 0 Å². The van der Waals surface area contributed by atoms with Crippen molar-refractivity contribution in [2.45, 2.75) is 142 Å². The van der Waals surface area contributed by atoms with Gasteiger partial charge in [0.15, 0.2) is 0 Å². The zero-order chi connectivity index (χ0) is 27.6. The lowest BCUT2D eigenvalue weighted by Gasteiger charge is -2.17. The third-order valence-corrected chi connectivity index (χ3v) is 9.25. The van der Waals surface area contributed by atoms with Crippen LogP contribution in [0.1, 0.15) is 136 Å². The molecule has 3 aromatic heterocycles. The Morgan fingerprint density at radius 1 is 0.425 bits per heavy atom. The first kappa shape index (κ1) is 29.0.